The Balaban J connectivity index is 1.44. The van der Waals surface area contributed by atoms with Gasteiger partial charge in [-0.15, -0.1) is 0 Å². The first-order valence-corrected chi connectivity index (χ1v) is 13.2. The molecule has 8 heteroatoms. The Hall–Kier alpha value is -1.93. The first-order chi connectivity index (χ1) is 15.1. The maximum absolute atomic E-state index is 13.2. The Bertz CT molecular complexity index is 1000. The van der Waals surface area contributed by atoms with Crippen LogP contribution in [0.4, 0.5) is 5.69 Å². The minimum Gasteiger partial charge on any atom is -0.352 e. The van der Waals surface area contributed by atoms with Crippen molar-refractivity contribution in [2.45, 2.75) is 76.3 Å². The number of rotatable bonds is 6. The van der Waals surface area contributed by atoms with Gasteiger partial charge in [-0.05, 0) is 68.2 Å². The molecule has 3 aliphatic rings. The third-order valence-electron chi connectivity index (χ3n) is 7.56. The van der Waals surface area contributed by atoms with Gasteiger partial charge in [0.2, 0.25) is 21.8 Å². The molecule has 1 aromatic rings. The zero-order valence-corrected chi connectivity index (χ0v) is 20.3. The predicted octanol–water partition coefficient (Wildman–Crippen LogP) is 2.94. The van der Waals surface area contributed by atoms with Crippen LogP contribution < -0.4 is 10.2 Å². The van der Waals surface area contributed by atoms with E-state index in [1.807, 2.05) is 11.8 Å². The average Bonchev–Trinajstić information content (AvgIpc) is 3.52. The highest BCUT2D eigenvalue weighted by Gasteiger charge is 2.40. The molecule has 2 amide bonds. The molecule has 176 valence electrons. The van der Waals surface area contributed by atoms with Crippen molar-refractivity contribution in [3.8, 4) is 0 Å². The molecule has 1 N–H and O–H groups in total. The van der Waals surface area contributed by atoms with Crippen molar-refractivity contribution in [1.82, 2.24) is 9.62 Å². The second kappa shape index (κ2) is 8.78. The number of fused-ring (bicyclic) bond motifs is 1. The zero-order valence-electron chi connectivity index (χ0n) is 19.5. The van der Waals surface area contributed by atoms with Crippen LogP contribution in [0.15, 0.2) is 23.1 Å². The lowest BCUT2D eigenvalue weighted by molar-refractivity contribution is -0.122. The molecule has 0 saturated heterocycles. The summed E-state index contributed by atoms with van der Waals surface area (Å²) in [5, 5.41) is 3.05. The summed E-state index contributed by atoms with van der Waals surface area (Å²) in [4.78, 5) is 27.3. The van der Waals surface area contributed by atoms with Gasteiger partial charge in [-0.2, -0.15) is 4.31 Å². The summed E-state index contributed by atoms with van der Waals surface area (Å²) >= 11 is 0. The molecule has 0 aromatic heterocycles. The predicted molar refractivity (Wildman–Crippen MR) is 124 cm³/mol. The highest BCUT2D eigenvalue weighted by atomic mass is 32.2. The lowest BCUT2D eigenvalue weighted by Crippen LogP contribution is -2.47. The van der Waals surface area contributed by atoms with Crippen LogP contribution in [0.2, 0.25) is 0 Å². The Morgan fingerprint density at radius 3 is 2.53 bits per heavy atom. The van der Waals surface area contributed by atoms with Crippen LogP contribution in [0.5, 0.6) is 0 Å². The van der Waals surface area contributed by atoms with Gasteiger partial charge in [0.1, 0.15) is 0 Å². The Morgan fingerprint density at radius 2 is 1.84 bits per heavy atom. The molecule has 7 nitrogen and oxygen atoms in total. The molecule has 2 fully saturated rings. The largest absolute Gasteiger partial charge is 0.352 e. The number of likely N-dealkylation sites (N-methyl/N-ethyl adjacent to an activating group) is 1. The van der Waals surface area contributed by atoms with E-state index in [2.05, 4.69) is 19.2 Å². The van der Waals surface area contributed by atoms with Gasteiger partial charge >= 0.3 is 0 Å². The molecular weight excluding hydrogens is 426 g/mol. The number of hydrogen-bond acceptors (Lipinski definition) is 4. The first kappa shape index (κ1) is 23.2. The van der Waals surface area contributed by atoms with Crippen molar-refractivity contribution in [3.05, 3.63) is 23.8 Å². The van der Waals surface area contributed by atoms with Crippen molar-refractivity contribution >= 4 is 27.5 Å². The monoisotopic (exact) mass is 461 g/mol. The lowest BCUT2D eigenvalue weighted by atomic mass is 9.78. The lowest BCUT2D eigenvalue weighted by Gasteiger charge is -2.34. The van der Waals surface area contributed by atoms with Crippen LogP contribution in [-0.2, 0) is 26.0 Å². The second-order valence-electron chi connectivity index (χ2n) is 10.0. The molecule has 0 bridgehead atoms. The Kier molecular flexibility index (Phi) is 6.38. The molecular formula is C24H35N3O4S. The van der Waals surface area contributed by atoms with Crippen molar-refractivity contribution in [3.63, 3.8) is 0 Å². The molecule has 32 heavy (non-hydrogen) atoms. The summed E-state index contributed by atoms with van der Waals surface area (Å²) in [6.07, 6.45) is 5.71. The quantitative estimate of drug-likeness (QED) is 0.706. The number of benzene rings is 1. The molecule has 4 rings (SSSR count). The van der Waals surface area contributed by atoms with Crippen LogP contribution in [0, 0.1) is 17.8 Å². The molecule has 0 spiro atoms. The van der Waals surface area contributed by atoms with Crippen molar-refractivity contribution in [2.75, 3.05) is 18.5 Å². The van der Waals surface area contributed by atoms with Gasteiger partial charge in [0.25, 0.3) is 0 Å². The van der Waals surface area contributed by atoms with E-state index in [0.717, 1.165) is 41.2 Å². The molecule has 2 saturated carbocycles. The number of hydrogen-bond donors (Lipinski definition) is 1. The van der Waals surface area contributed by atoms with Crippen LogP contribution >= 0.6 is 0 Å². The van der Waals surface area contributed by atoms with E-state index in [-0.39, 0.29) is 41.3 Å². The van der Waals surface area contributed by atoms with Crippen molar-refractivity contribution < 1.29 is 18.0 Å². The van der Waals surface area contributed by atoms with Gasteiger partial charge in [0.05, 0.1) is 11.4 Å². The summed E-state index contributed by atoms with van der Waals surface area (Å²) in [5.74, 6) is 0.932. The number of nitrogens with one attached hydrogen (secondary N) is 1. The number of amides is 2. The standard InChI is InChI=1S/C24H35N3O4S/c1-15-6-5-7-21(17(15)3)25-23(28)14-26(4)32(30,31)20-10-11-22-19(13-20)12-16(2)27(22)24(29)18-8-9-18/h10-11,13,15-18,21H,5-9,12,14H2,1-4H3,(H,25,28)/t15-,16-,17-,21+/m1/s1. The van der Waals surface area contributed by atoms with E-state index in [9.17, 15) is 18.0 Å². The highest BCUT2D eigenvalue weighted by Crippen LogP contribution is 2.39. The van der Waals surface area contributed by atoms with E-state index < -0.39 is 10.0 Å². The third kappa shape index (κ3) is 4.44. The Morgan fingerprint density at radius 1 is 1.12 bits per heavy atom. The highest BCUT2D eigenvalue weighted by molar-refractivity contribution is 7.89. The van der Waals surface area contributed by atoms with Gasteiger partial charge in [0.15, 0.2) is 0 Å². The van der Waals surface area contributed by atoms with Crippen molar-refractivity contribution in [1.29, 1.82) is 0 Å². The SMILES string of the molecule is C[C@@H]1[C@H](C)CCC[C@@H]1NC(=O)CN(C)S(=O)(=O)c1ccc2c(c1)C[C@@H](C)N2C(=O)C1CC1. The molecule has 2 aliphatic carbocycles. The number of sulfonamides is 1. The fourth-order valence-electron chi connectivity index (χ4n) is 5.14. The summed E-state index contributed by atoms with van der Waals surface area (Å²) in [6.45, 7) is 6.14. The van der Waals surface area contributed by atoms with E-state index in [4.69, 9.17) is 0 Å². The fourth-order valence-corrected chi connectivity index (χ4v) is 6.31. The zero-order chi connectivity index (χ0) is 23.2. The van der Waals surface area contributed by atoms with Gasteiger partial charge in [-0.25, -0.2) is 8.42 Å². The van der Waals surface area contributed by atoms with E-state index in [1.165, 1.54) is 13.5 Å². The first-order valence-electron chi connectivity index (χ1n) is 11.8. The normalized spacial score (nSPS) is 28.0. The smallest absolute Gasteiger partial charge is 0.243 e. The maximum atomic E-state index is 13.2. The number of nitrogens with zero attached hydrogens (tertiary/aromatic N) is 2. The third-order valence-corrected chi connectivity index (χ3v) is 9.36. The fraction of sp³-hybridized carbons (Fsp3) is 0.667. The van der Waals surface area contributed by atoms with Crippen LogP contribution in [0.3, 0.4) is 0 Å². The van der Waals surface area contributed by atoms with E-state index in [1.54, 1.807) is 18.2 Å². The van der Waals surface area contributed by atoms with Crippen LogP contribution in [0.1, 0.15) is 58.4 Å². The summed E-state index contributed by atoms with van der Waals surface area (Å²) in [5.41, 5.74) is 1.68. The number of carbonyl (C=O) groups excluding carboxylic acids is 2. The summed E-state index contributed by atoms with van der Waals surface area (Å²) in [6, 6.07) is 5.09. The maximum Gasteiger partial charge on any atom is 0.243 e. The van der Waals surface area contributed by atoms with Gasteiger partial charge in [0, 0.05) is 30.7 Å². The van der Waals surface area contributed by atoms with Crippen LogP contribution in [0.25, 0.3) is 0 Å². The Labute approximate surface area is 191 Å². The summed E-state index contributed by atoms with van der Waals surface area (Å²) in [7, 11) is -2.37. The molecule has 0 unspecified atom stereocenters. The number of carbonyl (C=O) groups is 2. The number of anilines is 1. The topological polar surface area (TPSA) is 86.8 Å². The average molecular weight is 462 g/mol. The minimum absolute atomic E-state index is 0.0273. The van der Waals surface area contributed by atoms with Gasteiger partial charge < -0.3 is 10.2 Å². The second-order valence-corrected chi connectivity index (χ2v) is 12.1. The minimum atomic E-state index is -3.81. The molecule has 4 atom stereocenters. The van der Waals surface area contributed by atoms with Crippen molar-refractivity contribution in [2.24, 2.45) is 17.8 Å². The summed E-state index contributed by atoms with van der Waals surface area (Å²) < 4.78 is 27.4. The molecule has 1 aromatic carbocycles. The molecule has 1 heterocycles. The molecule has 1 aliphatic heterocycles. The van der Waals surface area contributed by atoms with Crippen LogP contribution in [-0.4, -0.2) is 50.2 Å². The molecule has 0 radical (unpaired) electrons. The van der Waals surface area contributed by atoms with Gasteiger partial charge in [-0.1, -0.05) is 26.7 Å². The van der Waals surface area contributed by atoms with E-state index in [0.29, 0.717) is 18.3 Å². The van der Waals surface area contributed by atoms with E-state index >= 15 is 0 Å². The van der Waals surface area contributed by atoms with Gasteiger partial charge in [-0.3, -0.25) is 9.59 Å².